The van der Waals surface area contributed by atoms with Crippen LogP contribution < -0.4 is 9.47 Å². The molecule has 2 heterocycles. The van der Waals surface area contributed by atoms with Crippen molar-refractivity contribution in [3.63, 3.8) is 0 Å². The number of carbonyl (C=O) groups excluding carboxylic acids is 1. The Morgan fingerprint density at radius 3 is 2.61 bits per heavy atom. The SMILES string of the molecule is O=C(c1ccc2c(c1)OCCCO2)N(Cc1ccccn1)CC1CCCCC1. The van der Waals surface area contributed by atoms with Gasteiger partial charge in [0.15, 0.2) is 11.5 Å². The van der Waals surface area contributed by atoms with Gasteiger partial charge in [-0.1, -0.05) is 25.3 Å². The zero-order chi connectivity index (χ0) is 19.2. The van der Waals surface area contributed by atoms with Crippen LogP contribution in [0.4, 0.5) is 0 Å². The lowest BCUT2D eigenvalue weighted by molar-refractivity contribution is 0.0696. The van der Waals surface area contributed by atoms with Crippen molar-refractivity contribution >= 4 is 5.91 Å². The summed E-state index contributed by atoms with van der Waals surface area (Å²) in [6.07, 6.45) is 8.88. The average Bonchev–Trinajstić information content (AvgIpc) is 2.99. The molecule has 5 nitrogen and oxygen atoms in total. The fourth-order valence-electron chi connectivity index (χ4n) is 4.07. The van der Waals surface area contributed by atoms with Crippen LogP contribution in [0.2, 0.25) is 0 Å². The average molecular weight is 380 g/mol. The largest absolute Gasteiger partial charge is 0.490 e. The van der Waals surface area contributed by atoms with Crippen LogP contribution in [-0.2, 0) is 6.54 Å². The summed E-state index contributed by atoms with van der Waals surface area (Å²) in [4.78, 5) is 19.8. The molecule has 1 saturated carbocycles. The van der Waals surface area contributed by atoms with Gasteiger partial charge >= 0.3 is 0 Å². The predicted octanol–water partition coefficient (Wildman–Crippen LogP) is 4.47. The molecular weight excluding hydrogens is 352 g/mol. The van der Waals surface area contributed by atoms with E-state index >= 15 is 0 Å². The van der Waals surface area contributed by atoms with E-state index in [0.717, 1.165) is 24.4 Å². The highest BCUT2D eigenvalue weighted by atomic mass is 16.5. The summed E-state index contributed by atoms with van der Waals surface area (Å²) >= 11 is 0. The van der Waals surface area contributed by atoms with Crippen molar-refractivity contribution in [1.82, 2.24) is 9.88 Å². The molecule has 148 valence electrons. The molecule has 4 rings (SSSR count). The molecule has 0 bridgehead atoms. The molecule has 0 saturated heterocycles. The maximum atomic E-state index is 13.4. The van der Waals surface area contributed by atoms with Gasteiger partial charge in [0.1, 0.15) is 0 Å². The molecule has 0 N–H and O–H groups in total. The summed E-state index contributed by atoms with van der Waals surface area (Å²) in [5.74, 6) is 1.99. The fraction of sp³-hybridized carbons (Fsp3) is 0.478. The Labute approximate surface area is 166 Å². The lowest BCUT2D eigenvalue weighted by Crippen LogP contribution is -2.36. The van der Waals surface area contributed by atoms with Crippen LogP contribution in [0.15, 0.2) is 42.6 Å². The van der Waals surface area contributed by atoms with Crippen LogP contribution in [0.5, 0.6) is 11.5 Å². The molecule has 5 heteroatoms. The van der Waals surface area contributed by atoms with E-state index in [0.29, 0.717) is 37.0 Å². The summed E-state index contributed by atoms with van der Waals surface area (Å²) in [5, 5.41) is 0. The first kappa shape index (κ1) is 18.8. The van der Waals surface area contributed by atoms with E-state index in [9.17, 15) is 4.79 Å². The number of pyridine rings is 1. The second-order valence-electron chi connectivity index (χ2n) is 7.72. The molecule has 1 aromatic carbocycles. The lowest BCUT2D eigenvalue weighted by atomic mass is 9.88. The Kier molecular flexibility index (Phi) is 6.10. The molecule has 0 radical (unpaired) electrons. The molecule has 2 aliphatic rings. The highest BCUT2D eigenvalue weighted by Gasteiger charge is 2.24. The number of aromatic nitrogens is 1. The number of hydrogen-bond donors (Lipinski definition) is 0. The van der Waals surface area contributed by atoms with Crippen LogP contribution in [0.3, 0.4) is 0 Å². The van der Waals surface area contributed by atoms with Crippen molar-refractivity contribution in [3.05, 3.63) is 53.9 Å². The van der Waals surface area contributed by atoms with Crippen LogP contribution >= 0.6 is 0 Å². The van der Waals surface area contributed by atoms with Crippen molar-refractivity contribution < 1.29 is 14.3 Å². The number of fused-ring (bicyclic) bond motifs is 1. The maximum Gasteiger partial charge on any atom is 0.254 e. The van der Waals surface area contributed by atoms with Gasteiger partial charge in [0, 0.05) is 24.7 Å². The van der Waals surface area contributed by atoms with Crippen molar-refractivity contribution in [1.29, 1.82) is 0 Å². The van der Waals surface area contributed by atoms with E-state index in [-0.39, 0.29) is 5.91 Å². The van der Waals surface area contributed by atoms with E-state index in [2.05, 4.69) is 4.98 Å². The van der Waals surface area contributed by atoms with Crippen LogP contribution in [0, 0.1) is 5.92 Å². The minimum absolute atomic E-state index is 0.0341. The van der Waals surface area contributed by atoms with Gasteiger partial charge in [0.2, 0.25) is 0 Å². The summed E-state index contributed by atoms with van der Waals surface area (Å²) in [6, 6.07) is 11.4. The van der Waals surface area contributed by atoms with E-state index in [1.165, 1.54) is 32.1 Å². The summed E-state index contributed by atoms with van der Waals surface area (Å²) < 4.78 is 11.5. The molecular formula is C23H28N2O3. The molecule has 1 aliphatic heterocycles. The minimum atomic E-state index is 0.0341. The molecule has 28 heavy (non-hydrogen) atoms. The normalized spacial score (nSPS) is 17.0. The number of ether oxygens (including phenoxy) is 2. The van der Waals surface area contributed by atoms with Gasteiger partial charge in [0.05, 0.1) is 25.5 Å². The smallest absolute Gasteiger partial charge is 0.254 e. The Morgan fingerprint density at radius 2 is 1.82 bits per heavy atom. The Morgan fingerprint density at radius 1 is 1.00 bits per heavy atom. The third-order valence-electron chi connectivity index (χ3n) is 5.56. The number of amides is 1. The molecule has 2 aromatic rings. The first-order valence-electron chi connectivity index (χ1n) is 10.4. The van der Waals surface area contributed by atoms with E-state index in [4.69, 9.17) is 9.47 Å². The van der Waals surface area contributed by atoms with Gasteiger partial charge in [-0.2, -0.15) is 0 Å². The highest BCUT2D eigenvalue weighted by molar-refractivity contribution is 5.95. The number of benzene rings is 1. The second-order valence-corrected chi connectivity index (χ2v) is 7.72. The molecule has 1 fully saturated rings. The molecule has 0 atom stereocenters. The Bertz CT molecular complexity index is 788. The van der Waals surface area contributed by atoms with Gasteiger partial charge in [-0.15, -0.1) is 0 Å². The Balaban J connectivity index is 1.55. The Hall–Kier alpha value is -2.56. The molecule has 0 spiro atoms. The maximum absolute atomic E-state index is 13.4. The number of nitrogens with zero attached hydrogens (tertiary/aromatic N) is 2. The van der Waals surface area contributed by atoms with Gasteiger partial charge < -0.3 is 14.4 Å². The van der Waals surface area contributed by atoms with Crippen molar-refractivity contribution in [2.24, 2.45) is 5.92 Å². The van der Waals surface area contributed by atoms with Crippen molar-refractivity contribution in [2.45, 2.75) is 45.1 Å². The van der Waals surface area contributed by atoms with E-state index in [1.807, 2.05) is 41.3 Å². The van der Waals surface area contributed by atoms with Crippen LogP contribution in [0.1, 0.15) is 54.6 Å². The number of carbonyl (C=O) groups is 1. The molecule has 1 aromatic heterocycles. The first-order valence-corrected chi connectivity index (χ1v) is 10.4. The van der Waals surface area contributed by atoms with Gasteiger partial charge in [-0.05, 0) is 49.1 Å². The third kappa shape index (κ3) is 4.64. The van der Waals surface area contributed by atoms with Crippen LogP contribution in [0.25, 0.3) is 0 Å². The van der Waals surface area contributed by atoms with Gasteiger partial charge in [-0.25, -0.2) is 0 Å². The van der Waals surface area contributed by atoms with Gasteiger partial charge in [0.25, 0.3) is 5.91 Å². The topological polar surface area (TPSA) is 51.7 Å². The first-order chi connectivity index (χ1) is 13.8. The predicted molar refractivity (Wildman–Crippen MR) is 108 cm³/mol. The standard InChI is InChI=1S/C23H28N2O3/c26-23(19-10-11-21-22(15-19)28-14-6-13-27-21)25(16-18-7-2-1-3-8-18)17-20-9-4-5-12-24-20/h4-5,9-12,15,18H,1-3,6-8,13-14,16-17H2. The fourth-order valence-corrected chi connectivity index (χ4v) is 4.07. The minimum Gasteiger partial charge on any atom is -0.490 e. The molecule has 1 aliphatic carbocycles. The summed E-state index contributed by atoms with van der Waals surface area (Å²) in [5.41, 5.74) is 1.57. The monoisotopic (exact) mass is 380 g/mol. The van der Waals surface area contributed by atoms with E-state index < -0.39 is 0 Å². The molecule has 0 unspecified atom stereocenters. The molecule has 1 amide bonds. The zero-order valence-electron chi connectivity index (χ0n) is 16.3. The third-order valence-corrected chi connectivity index (χ3v) is 5.56. The number of hydrogen-bond acceptors (Lipinski definition) is 4. The zero-order valence-corrected chi connectivity index (χ0v) is 16.3. The van der Waals surface area contributed by atoms with Crippen molar-refractivity contribution in [2.75, 3.05) is 19.8 Å². The number of rotatable bonds is 5. The second kappa shape index (κ2) is 9.09. The summed E-state index contributed by atoms with van der Waals surface area (Å²) in [7, 11) is 0. The summed E-state index contributed by atoms with van der Waals surface area (Å²) in [6.45, 7) is 2.58. The van der Waals surface area contributed by atoms with Crippen molar-refractivity contribution in [3.8, 4) is 11.5 Å². The van der Waals surface area contributed by atoms with Gasteiger partial charge in [-0.3, -0.25) is 9.78 Å². The van der Waals surface area contributed by atoms with E-state index in [1.54, 1.807) is 6.20 Å². The lowest BCUT2D eigenvalue weighted by Gasteiger charge is -2.30. The van der Waals surface area contributed by atoms with Crippen LogP contribution in [-0.4, -0.2) is 35.5 Å². The highest BCUT2D eigenvalue weighted by Crippen LogP contribution is 2.31. The quantitative estimate of drug-likeness (QED) is 0.768.